The third-order valence-corrected chi connectivity index (χ3v) is 4.97. The molecule has 2 heterocycles. The van der Waals surface area contributed by atoms with Crippen molar-refractivity contribution in [2.75, 3.05) is 25.0 Å². The number of alkyl carbamates (subject to hydrolysis) is 1. The Morgan fingerprint density at radius 2 is 1.77 bits per heavy atom. The standard InChI is InChI=1S/C23H29N3O5/c1-23(2,3)31-22(29)24-15-16-10-12-26(13-11-16)21(28)17-6-8-18(9-7-17)25-20(27)19-5-4-14-30-19/h4-9,14,16H,10-13,15H2,1-3H3,(H,24,29)(H,25,27). The zero-order chi connectivity index (χ0) is 22.4. The average Bonchev–Trinajstić information content (AvgIpc) is 3.27. The molecule has 8 nitrogen and oxygen atoms in total. The number of hydrogen-bond donors (Lipinski definition) is 2. The van der Waals surface area contributed by atoms with Crippen LogP contribution in [0, 0.1) is 5.92 Å². The molecule has 8 heteroatoms. The van der Waals surface area contributed by atoms with Crippen LogP contribution in [0.3, 0.4) is 0 Å². The van der Waals surface area contributed by atoms with E-state index in [4.69, 9.17) is 9.15 Å². The summed E-state index contributed by atoms with van der Waals surface area (Å²) in [6.45, 7) is 7.30. The van der Waals surface area contributed by atoms with Crippen LogP contribution >= 0.6 is 0 Å². The summed E-state index contributed by atoms with van der Waals surface area (Å²) in [6, 6.07) is 10.0. The van der Waals surface area contributed by atoms with Crippen LogP contribution in [0.25, 0.3) is 0 Å². The van der Waals surface area contributed by atoms with Gasteiger partial charge in [0.2, 0.25) is 0 Å². The first-order valence-corrected chi connectivity index (χ1v) is 10.4. The van der Waals surface area contributed by atoms with Crippen LogP contribution in [0.2, 0.25) is 0 Å². The quantitative estimate of drug-likeness (QED) is 0.753. The van der Waals surface area contributed by atoms with Crippen molar-refractivity contribution in [2.24, 2.45) is 5.92 Å². The smallest absolute Gasteiger partial charge is 0.407 e. The van der Waals surface area contributed by atoms with E-state index < -0.39 is 11.7 Å². The van der Waals surface area contributed by atoms with Gasteiger partial charge in [-0.2, -0.15) is 0 Å². The molecule has 0 bridgehead atoms. The van der Waals surface area contributed by atoms with Gasteiger partial charge in [0.15, 0.2) is 5.76 Å². The molecule has 0 unspecified atom stereocenters. The molecule has 0 saturated carbocycles. The molecule has 0 atom stereocenters. The number of furan rings is 1. The molecule has 1 fully saturated rings. The number of carbonyl (C=O) groups excluding carboxylic acids is 3. The molecule has 0 aliphatic carbocycles. The molecule has 0 spiro atoms. The number of amides is 3. The molecule has 31 heavy (non-hydrogen) atoms. The van der Waals surface area contributed by atoms with Crippen molar-refractivity contribution in [2.45, 2.75) is 39.2 Å². The number of benzene rings is 1. The van der Waals surface area contributed by atoms with Crippen molar-refractivity contribution in [3.63, 3.8) is 0 Å². The van der Waals surface area contributed by atoms with Crippen molar-refractivity contribution in [3.8, 4) is 0 Å². The summed E-state index contributed by atoms with van der Waals surface area (Å²) in [4.78, 5) is 38.4. The van der Waals surface area contributed by atoms with Crippen LogP contribution in [0.4, 0.5) is 10.5 Å². The topological polar surface area (TPSA) is 101 Å². The van der Waals surface area contributed by atoms with Crippen LogP contribution < -0.4 is 10.6 Å². The highest BCUT2D eigenvalue weighted by molar-refractivity contribution is 6.02. The van der Waals surface area contributed by atoms with E-state index in [1.165, 1.54) is 6.26 Å². The van der Waals surface area contributed by atoms with Crippen LogP contribution in [-0.2, 0) is 4.74 Å². The van der Waals surface area contributed by atoms with E-state index in [9.17, 15) is 14.4 Å². The van der Waals surface area contributed by atoms with E-state index in [1.807, 2.05) is 25.7 Å². The maximum absolute atomic E-state index is 12.8. The van der Waals surface area contributed by atoms with Gasteiger partial charge in [-0.05, 0) is 75.9 Å². The van der Waals surface area contributed by atoms with Crippen LogP contribution in [0.5, 0.6) is 0 Å². The first-order chi connectivity index (χ1) is 14.7. The minimum absolute atomic E-state index is 0.0394. The van der Waals surface area contributed by atoms with Crippen LogP contribution in [-0.4, -0.2) is 48.0 Å². The highest BCUT2D eigenvalue weighted by atomic mass is 16.6. The Labute approximate surface area is 181 Å². The monoisotopic (exact) mass is 427 g/mol. The second kappa shape index (κ2) is 9.68. The van der Waals surface area contributed by atoms with E-state index in [0.717, 1.165) is 12.8 Å². The Hall–Kier alpha value is -3.29. The maximum atomic E-state index is 12.8. The molecule has 1 aromatic carbocycles. The molecule has 2 N–H and O–H groups in total. The molecule has 2 aromatic rings. The molecule has 1 saturated heterocycles. The van der Waals surface area contributed by atoms with Gasteiger partial charge in [-0.3, -0.25) is 9.59 Å². The summed E-state index contributed by atoms with van der Waals surface area (Å²) < 4.78 is 10.3. The predicted octanol–water partition coefficient (Wildman–Crippen LogP) is 3.91. The Kier molecular flexibility index (Phi) is 6.99. The first kappa shape index (κ1) is 22.4. The second-order valence-electron chi connectivity index (χ2n) is 8.63. The average molecular weight is 428 g/mol. The summed E-state index contributed by atoms with van der Waals surface area (Å²) in [5.41, 5.74) is 0.642. The van der Waals surface area contributed by atoms with Crippen molar-refractivity contribution in [1.82, 2.24) is 10.2 Å². The van der Waals surface area contributed by atoms with Crippen molar-refractivity contribution >= 4 is 23.6 Å². The van der Waals surface area contributed by atoms with Gasteiger partial charge < -0.3 is 24.7 Å². The Morgan fingerprint density at radius 3 is 2.35 bits per heavy atom. The minimum atomic E-state index is -0.517. The van der Waals surface area contributed by atoms with Crippen LogP contribution in [0.15, 0.2) is 47.1 Å². The molecule has 1 aliphatic heterocycles. The third-order valence-electron chi connectivity index (χ3n) is 4.97. The summed E-state index contributed by atoms with van der Waals surface area (Å²) in [5.74, 6) is 0.161. The van der Waals surface area contributed by atoms with Crippen molar-refractivity contribution in [3.05, 3.63) is 54.0 Å². The number of nitrogens with zero attached hydrogens (tertiary/aromatic N) is 1. The van der Waals surface area contributed by atoms with E-state index in [1.54, 1.807) is 36.4 Å². The zero-order valence-corrected chi connectivity index (χ0v) is 18.1. The molecule has 0 radical (unpaired) electrons. The maximum Gasteiger partial charge on any atom is 0.407 e. The highest BCUT2D eigenvalue weighted by Gasteiger charge is 2.25. The van der Waals surface area contributed by atoms with E-state index in [-0.39, 0.29) is 17.6 Å². The van der Waals surface area contributed by atoms with Gasteiger partial charge >= 0.3 is 6.09 Å². The predicted molar refractivity (Wildman–Crippen MR) is 116 cm³/mol. The summed E-state index contributed by atoms with van der Waals surface area (Å²) in [7, 11) is 0. The lowest BCUT2D eigenvalue weighted by atomic mass is 9.96. The fourth-order valence-electron chi connectivity index (χ4n) is 3.36. The van der Waals surface area contributed by atoms with Crippen LogP contribution in [0.1, 0.15) is 54.5 Å². The minimum Gasteiger partial charge on any atom is -0.459 e. The number of anilines is 1. The fraction of sp³-hybridized carbons (Fsp3) is 0.435. The summed E-state index contributed by atoms with van der Waals surface area (Å²) in [5, 5.41) is 5.54. The normalized spacial score (nSPS) is 14.7. The van der Waals surface area contributed by atoms with Gasteiger partial charge in [0.1, 0.15) is 5.60 Å². The van der Waals surface area contributed by atoms with Crippen molar-refractivity contribution < 1.29 is 23.5 Å². The van der Waals surface area contributed by atoms with E-state index in [2.05, 4.69) is 10.6 Å². The second-order valence-corrected chi connectivity index (χ2v) is 8.63. The van der Waals surface area contributed by atoms with E-state index in [0.29, 0.717) is 36.8 Å². The number of likely N-dealkylation sites (tertiary alicyclic amines) is 1. The molecule has 1 aliphatic rings. The van der Waals surface area contributed by atoms with E-state index >= 15 is 0 Å². The molecule has 3 rings (SSSR count). The lowest BCUT2D eigenvalue weighted by Crippen LogP contribution is -2.42. The Morgan fingerprint density at radius 1 is 1.10 bits per heavy atom. The number of piperidine rings is 1. The lowest BCUT2D eigenvalue weighted by Gasteiger charge is -2.32. The molecular formula is C23H29N3O5. The Balaban J connectivity index is 1.45. The largest absolute Gasteiger partial charge is 0.459 e. The first-order valence-electron chi connectivity index (χ1n) is 10.4. The van der Waals surface area contributed by atoms with Gasteiger partial charge in [0, 0.05) is 30.9 Å². The summed E-state index contributed by atoms with van der Waals surface area (Å²) in [6.07, 6.45) is 2.66. The number of ether oxygens (including phenoxy) is 1. The van der Waals surface area contributed by atoms with Gasteiger partial charge in [-0.25, -0.2) is 4.79 Å². The van der Waals surface area contributed by atoms with Gasteiger partial charge in [-0.15, -0.1) is 0 Å². The lowest BCUT2D eigenvalue weighted by molar-refractivity contribution is 0.0500. The highest BCUT2D eigenvalue weighted by Crippen LogP contribution is 2.20. The summed E-state index contributed by atoms with van der Waals surface area (Å²) >= 11 is 0. The third kappa shape index (κ3) is 6.60. The fourth-order valence-corrected chi connectivity index (χ4v) is 3.36. The number of nitrogens with one attached hydrogen (secondary N) is 2. The molecule has 1 aromatic heterocycles. The van der Waals surface area contributed by atoms with Gasteiger partial charge in [0.25, 0.3) is 11.8 Å². The molecule has 166 valence electrons. The zero-order valence-electron chi connectivity index (χ0n) is 18.1. The van der Waals surface area contributed by atoms with Crippen molar-refractivity contribution in [1.29, 1.82) is 0 Å². The van der Waals surface area contributed by atoms with Gasteiger partial charge in [0.05, 0.1) is 6.26 Å². The number of carbonyl (C=O) groups is 3. The number of hydrogen-bond acceptors (Lipinski definition) is 5. The SMILES string of the molecule is CC(C)(C)OC(=O)NCC1CCN(C(=O)c2ccc(NC(=O)c3ccco3)cc2)CC1. The molecule has 3 amide bonds. The number of rotatable bonds is 5. The van der Waals surface area contributed by atoms with Gasteiger partial charge in [-0.1, -0.05) is 0 Å². The Bertz CT molecular complexity index is 892. The molecular weight excluding hydrogens is 398 g/mol.